The summed E-state index contributed by atoms with van der Waals surface area (Å²) < 4.78 is 12.8. The first kappa shape index (κ1) is 15.2. The number of unbranched alkanes of at least 4 members (excludes halogenated alkanes) is 2. The van der Waals surface area contributed by atoms with E-state index in [0.29, 0.717) is 5.56 Å². The normalized spacial score (nSPS) is 10.4. The highest BCUT2D eigenvalue weighted by atomic mass is 19.1. The van der Waals surface area contributed by atoms with Crippen molar-refractivity contribution in [2.75, 3.05) is 5.32 Å². The molecule has 1 amide bonds. The Morgan fingerprint density at radius 3 is 2.29 bits per heavy atom. The Kier molecular flexibility index (Phi) is 5.50. The fourth-order valence-corrected chi connectivity index (χ4v) is 2.14. The van der Waals surface area contributed by atoms with Gasteiger partial charge in [-0.15, -0.1) is 0 Å². The van der Waals surface area contributed by atoms with Crippen LogP contribution in [0.5, 0.6) is 0 Å². The lowest BCUT2D eigenvalue weighted by atomic mass is 10.1. The van der Waals surface area contributed by atoms with E-state index in [-0.39, 0.29) is 11.7 Å². The predicted octanol–water partition coefficient (Wildman–Crippen LogP) is 4.81. The third kappa shape index (κ3) is 4.71. The first-order chi connectivity index (χ1) is 10.2. The second kappa shape index (κ2) is 7.58. The average Bonchev–Trinajstić information content (AvgIpc) is 2.50. The van der Waals surface area contributed by atoms with Crippen LogP contribution in [-0.2, 0) is 6.42 Å². The van der Waals surface area contributed by atoms with Crippen molar-refractivity contribution in [2.45, 2.75) is 32.6 Å². The van der Waals surface area contributed by atoms with Crippen LogP contribution in [-0.4, -0.2) is 5.91 Å². The predicted molar refractivity (Wildman–Crippen MR) is 84.0 cm³/mol. The molecule has 3 heteroatoms. The molecule has 0 fully saturated rings. The number of nitrogens with one attached hydrogen (secondary N) is 1. The number of hydrogen-bond acceptors (Lipinski definition) is 1. The number of benzene rings is 2. The monoisotopic (exact) mass is 285 g/mol. The van der Waals surface area contributed by atoms with Crippen LogP contribution < -0.4 is 5.32 Å². The van der Waals surface area contributed by atoms with E-state index in [4.69, 9.17) is 0 Å². The van der Waals surface area contributed by atoms with Crippen molar-refractivity contribution in [2.24, 2.45) is 0 Å². The maximum absolute atomic E-state index is 12.8. The van der Waals surface area contributed by atoms with Crippen LogP contribution in [0.3, 0.4) is 0 Å². The second-order valence-electron chi connectivity index (χ2n) is 5.12. The highest BCUT2D eigenvalue weighted by Gasteiger charge is 2.06. The molecule has 0 aliphatic heterocycles. The maximum atomic E-state index is 12.8. The van der Waals surface area contributed by atoms with Crippen molar-refractivity contribution in [3.63, 3.8) is 0 Å². The number of aryl methyl sites for hydroxylation is 1. The SMILES string of the molecule is CCCCCc1ccc(NC(=O)c2ccc(F)cc2)cc1. The zero-order valence-electron chi connectivity index (χ0n) is 12.2. The van der Waals surface area contributed by atoms with Gasteiger partial charge in [-0.2, -0.15) is 0 Å². The van der Waals surface area contributed by atoms with Gasteiger partial charge >= 0.3 is 0 Å². The number of amides is 1. The van der Waals surface area contributed by atoms with Crippen molar-refractivity contribution in [1.29, 1.82) is 0 Å². The van der Waals surface area contributed by atoms with Crippen molar-refractivity contribution in [3.8, 4) is 0 Å². The van der Waals surface area contributed by atoms with Crippen LogP contribution in [0, 0.1) is 5.82 Å². The topological polar surface area (TPSA) is 29.1 Å². The molecule has 110 valence electrons. The molecule has 1 N–H and O–H groups in total. The molecule has 21 heavy (non-hydrogen) atoms. The fraction of sp³-hybridized carbons (Fsp3) is 0.278. The van der Waals surface area contributed by atoms with Crippen molar-refractivity contribution in [3.05, 3.63) is 65.5 Å². The third-order valence-electron chi connectivity index (χ3n) is 3.39. The highest BCUT2D eigenvalue weighted by molar-refractivity contribution is 6.04. The van der Waals surface area contributed by atoms with E-state index >= 15 is 0 Å². The molecular weight excluding hydrogens is 265 g/mol. The minimum Gasteiger partial charge on any atom is -0.322 e. The molecule has 2 aromatic carbocycles. The van der Waals surface area contributed by atoms with E-state index in [0.717, 1.165) is 12.1 Å². The van der Waals surface area contributed by atoms with Gasteiger partial charge in [0.15, 0.2) is 0 Å². The molecule has 0 aliphatic carbocycles. The molecule has 0 spiro atoms. The zero-order chi connectivity index (χ0) is 15.1. The van der Waals surface area contributed by atoms with E-state index in [1.54, 1.807) is 0 Å². The van der Waals surface area contributed by atoms with Crippen LogP contribution >= 0.6 is 0 Å². The third-order valence-corrected chi connectivity index (χ3v) is 3.39. The van der Waals surface area contributed by atoms with Crippen molar-refractivity contribution in [1.82, 2.24) is 0 Å². The molecule has 0 saturated carbocycles. The Morgan fingerprint density at radius 2 is 1.67 bits per heavy atom. The summed E-state index contributed by atoms with van der Waals surface area (Å²) in [4.78, 5) is 12.0. The molecule has 0 saturated heterocycles. The molecule has 0 aliphatic rings. The molecule has 0 heterocycles. The molecule has 2 rings (SSSR count). The van der Waals surface area contributed by atoms with Crippen LogP contribution in [0.1, 0.15) is 42.1 Å². The van der Waals surface area contributed by atoms with E-state index in [2.05, 4.69) is 12.2 Å². The standard InChI is InChI=1S/C18H20FNO/c1-2-3-4-5-14-6-12-17(13-7-14)20-18(21)15-8-10-16(19)11-9-15/h6-13H,2-5H2,1H3,(H,20,21). The van der Waals surface area contributed by atoms with Gasteiger partial charge in [0.2, 0.25) is 0 Å². The number of anilines is 1. The number of carbonyl (C=O) groups is 1. The Labute approximate surface area is 125 Å². The Bertz CT molecular complexity index is 575. The summed E-state index contributed by atoms with van der Waals surface area (Å²) >= 11 is 0. The van der Waals surface area contributed by atoms with E-state index < -0.39 is 0 Å². The molecule has 2 aromatic rings. The molecule has 0 bridgehead atoms. The molecular formula is C18H20FNO. The molecule has 0 unspecified atom stereocenters. The Morgan fingerprint density at radius 1 is 1.00 bits per heavy atom. The summed E-state index contributed by atoms with van der Waals surface area (Å²) in [5.41, 5.74) is 2.48. The number of rotatable bonds is 6. The number of halogens is 1. The lowest BCUT2D eigenvalue weighted by molar-refractivity contribution is 0.102. The first-order valence-electron chi connectivity index (χ1n) is 7.35. The summed E-state index contributed by atoms with van der Waals surface area (Å²) in [6, 6.07) is 13.4. The maximum Gasteiger partial charge on any atom is 0.255 e. The minimum atomic E-state index is -0.344. The van der Waals surface area contributed by atoms with Crippen molar-refractivity contribution < 1.29 is 9.18 Å². The van der Waals surface area contributed by atoms with Crippen LogP contribution in [0.25, 0.3) is 0 Å². The first-order valence-corrected chi connectivity index (χ1v) is 7.35. The zero-order valence-corrected chi connectivity index (χ0v) is 12.2. The van der Waals surface area contributed by atoms with Crippen LogP contribution in [0.2, 0.25) is 0 Å². The van der Waals surface area contributed by atoms with E-state index in [1.165, 1.54) is 49.1 Å². The fourth-order valence-electron chi connectivity index (χ4n) is 2.14. The lowest BCUT2D eigenvalue weighted by Crippen LogP contribution is -2.11. The molecule has 2 nitrogen and oxygen atoms in total. The summed E-state index contributed by atoms with van der Waals surface area (Å²) in [6.07, 6.45) is 4.71. The van der Waals surface area contributed by atoms with Gasteiger partial charge in [-0.25, -0.2) is 4.39 Å². The minimum absolute atomic E-state index is 0.228. The second-order valence-corrected chi connectivity index (χ2v) is 5.12. The number of carbonyl (C=O) groups excluding carboxylic acids is 1. The van der Waals surface area contributed by atoms with Gasteiger partial charge in [0.05, 0.1) is 0 Å². The summed E-state index contributed by atoms with van der Waals surface area (Å²) in [6.45, 7) is 2.19. The van der Waals surface area contributed by atoms with Crippen LogP contribution in [0.4, 0.5) is 10.1 Å². The summed E-state index contributed by atoms with van der Waals surface area (Å²) in [7, 11) is 0. The largest absolute Gasteiger partial charge is 0.322 e. The summed E-state index contributed by atoms with van der Waals surface area (Å²) in [5, 5.41) is 2.81. The van der Waals surface area contributed by atoms with Gasteiger partial charge in [0, 0.05) is 11.3 Å². The Balaban J connectivity index is 1.93. The van der Waals surface area contributed by atoms with Gasteiger partial charge < -0.3 is 5.32 Å². The van der Waals surface area contributed by atoms with E-state index in [1.807, 2.05) is 24.3 Å². The Hall–Kier alpha value is -2.16. The summed E-state index contributed by atoms with van der Waals surface area (Å²) in [5.74, 6) is -0.572. The average molecular weight is 285 g/mol. The molecule has 0 aromatic heterocycles. The quantitative estimate of drug-likeness (QED) is 0.758. The van der Waals surface area contributed by atoms with Gasteiger partial charge in [-0.05, 0) is 54.8 Å². The van der Waals surface area contributed by atoms with E-state index in [9.17, 15) is 9.18 Å². The van der Waals surface area contributed by atoms with Gasteiger partial charge in [-0.3, -0.25) is 4.79 Å². The van der Waals surface area contributed by atoms with Crippen LogP contribution in [0.15, 0.2) is 48.5 Å². The smallest absolute Gasteiger partial charge is 0.255 e. The highest BCUT2D eigenvalue weighted by Crippen LogP contribution is 2.14. The van der Waals surface area contributed by atoms with Gasteiger partial charge in [0.25, 0.3) is 5.91 Å². The van der Waals surface area contributed by atoms with Crippen molar-refractivity contribution >= 4 is 11.6 Å². The molecule has 0 atom stereocenters. The molecule has 0 radical (unpaired) electrons. The number of hydrogen-bond donors (Lipinski definition) is 1. The lowest BCUT2D eigenvalue weighted by Gasteiger charge is -2.07. The van der Waals surface area contributed by atoms with Gasteiger partial charge in [-0.1, -0.05) is 31.9 Å². The van der Waals surface area contributed by atoms with Gasteiger partial charge in [0.1, 0.15) is 5.82 Å².